The van der Waals surface area contributed by atoms with Crippen molar-refractivity contribution in [3.05, 3.63) is 35.0 Å². The second-order valence-corrected chi connectivity index (χ2v) is 7.00. The van der Waals surface area contributed by atoms with Crippen LogP contribution >= 0.6 is 11.6 Å². The van der Waals surface area contributed by atoms with E-state index in [1.807, 2.05) is 38.1 Å². The quantitative estimate of drug-likeness (QED) is 0.657. The van der Waals surface area contributed by atoms with Crippen LogP contribution in [0.1, 0.15) is 25.5 Å². The predicted molar refractivity (Wildman–Crippen MR) is 102 cm³/mol. The van der Waals surface area contributed by atoms with Crippen molar-refractivity contribution in [3.63, 3.8) is 0 Å². The molecular weight excluding hydrogens is 352 g/mol. The first-order valence-electron chi connectivity index (χ1n) is 8.95. The van der Waals surface area contributed by atoms with E-state index >= 15 is 0 Å². The van der Waals surface area contributed by atoms with E-state index in [0.29, 0.717) is 23.8 Å². The van der Waals surface area contributed by atoms with Gasteiger partial charge in [-0.3, -0.25) is 4.79 Å². The Balaban J connectivity index is 1.82. The average Bonchev–Trinajstić information content (AvgIpc) is 2.96. The van der Waals surface area contributed by atoms with Gasteiger partial charge in [0.15, 0.2) is 5.65 Å². The number of esters is 1. The van der Waals surface area contributed by atoms with Gasteiger partial charge in [-0.25, -0.2) is 9.50 Å². The molecule has 136 valence electrons. The van der Waals surface area contributed by atoms with Crippen molar-refractivity contribution >= 4 is 39.9 Å². The van der Waals surface area contributed by atoms with E-state index in [9.17, 15) is 4.79 Å². The van der Waals surface area contributed by atoms with Gasteiger partial charge in [-0.1, -0.05) is 23.7 Å². The van der Waals surface area contributed by atoms with Crippen molar-refractivity contribution in [1.82, 2.24) is 14.6 Å². The number of aromatic nitrogens is 3. The predicted octanol–water partition coefficient (Wildman–Crippen LogP) is 3.62. The monoisotopic (exact) mass is 372 g/mol. The Bertz CT molecular complexity index is 984. The summed E-state index contributed by atoms with van der Waals surface area (Å²) in [5.74, 6) is 0.604. The van der Waals surface area contributed by atoms with Gasteiger partial charge < -0.3 is 9.64 Å². The lowest BCUT2D eigenvalue weighted by Gasteiger charge is -2.33. The maximum atomic E-state index is 12.2. The molecule has 3 aromatic rings. The maximum Gasteiger partial charge on any atom is 0.310 e. The number of nitrogens with zero attached hydrogens (tertiary/aromatic N) is 4. The number of hydrogen-bond acceptors (Lipinski definition) is 5. The van der Waals surface area contributed by atoms with Crippen molar-refractivity contribution in [2.75, 3.05) is 24.6 Å². The molecule has 0 aliphatic carbocycles. The summed E-state index contributed by atoms with van der Waals surface area (Å²) < 4.78 is 7.02. The Hall–Kier alpha value is -2.34. The summed E-state index contributed by atoms with van der Waals surface area (Å²) >= 11 is 6.43. The number of fused-ring (bicyclic) bond motifs is 3. The SMILES string of the molecule is CCOC(=O)[C@@H]1CCCN(c2nc3c(Cl)c(C)nn3c3ccccc23)C1. The van der Waals surface area contributed by atoms with Crippen molar-refractivity contribution in [1.29, 1.82) is 0 Å². The first kappa shape index (κ1) is 17.1. The molecule has 3 heterocycles. The molecule has 2 aromatic heterocycles. The minimum Gasteiger partial charge on any atom is -0.466 e. The fourth-order valence-corrected chi connectivity index (χ4v) is 3.79. The largest absolute Gasteiger partial charge is 0.466 e. The second kappa shape index (κ2) is 6.76. The molecule has 0 radical (unpaired) electrons. The Morgan fingerprint density at radius 2 is 2.19 bits per heavy atom. The summed E-state index contributed by atoms with van der Waals surface area (Å²) in [6, 6.07) is 8.03. The Morgan fingerprint density at radius 1 is 1.38 bits per heavy atom. The molecule has 4 rings (SSSR count). The highest BCUT2D eigenvalue weighted by Crippen LogP contribution is 2.32. The number of carbonyl (C=O) groups excluding carboxylic acids is 1. The van der Waals surface area contributed by atoms with Gasteiger partial charge in [0.1, 0.15) is 10.8 Å². The van der Waals surface area contributed by atoms with E-state index in [1.165, 1.54) is 0 Å². The van der Waals surface area contributed by atoms with Gasteiger partial charge in [0.05, 0.1) is 23.7 Å². The third-order valence-electron chi connectivity index (χ3n) is 4.89. The molecule has 1 saturated heterocycles. The lowest BCUT2D eigenvalue weighted by molar-refractivity contribution is -0.148. The highest BCUT2D eigenvalue weighted by Gasteiger charge is 2.29. The lowest BCUT2D eigenvalue weighted by Crippen LogP contribution is -2.40. The van der Waals surface area contributed by atoms with Gasteiger partial charge >= 0.3 is 5.97 Å². The minimum atomic E-state index is -0.124. The zero-order chi connectivity index (χ0) is 18.3. The third-order valence-corrected chi connectivity index (χ3v) is 5.33. The lowest BCUT2D eigenvalue weighted by atomic mass is 9.98. The van der Waals surface area contributed by atoms with E-state index in [1.54, 1.807) is 4.52 Å². The van der Waals surface area contributed by atoms with Crippen molar-refractivity contribution in [3.8, 4) is 0 Å². The van der Waals surface area contributed by atoms with Crippen LogP contribution in [0.3, 0.4) is 0 Å². The van der Waals surface area contributed by atoms with Gasteiger partial charge in [-0.05, 0) is 38.8 Å². The molecule has 7 heteroatoms. The highest BCUT2D eigenvalue weighted by atomic mass is 35.5. The highest BCUT2D eigenvalue weighted by molar-refractivity contribution is 6.34. The number of halogens is 1. The van der Waals surface area contributed by atoms with Crippen LogP contribution in [0.4, 0.5) is 5.82 Å². The van der Waals surface area contributed by atoms with Crippen LogP contribution in [0.5, 0.6) is 0 Å². The molecule has 0 saturated carbocycles. The number of aryl methyl sites for hydroxylation is 1. The fourth-order valence-electron chi connectivity index (χ4n) is 3.63. The standard InChI is InChI=1S/C19H21ClN4O2/c1-3-26-19(25)13-7-6-10-23(11-13)17-14-8-4-5-9-15(14)24-18(21-17)16(20)12(2)22-24/h4-5,8-9,13H,3,6-7,10-11H2,1-2H3/t13-/m1/s1. The van der Waals surface area contributed by atoms with Gasteiger partial charge in [0.2, 0.25) is 0 Å². The Kier molecular flexibility index (Phi) is 4.44. The first-order chi connectivity index (χ1) is 12.6. The average molecular weight is 373 g/mol. The van der Waals surface area contributed by atoms with Crippen LogP contribution in [0.15, 0.2) is 24.3 Å². The minimum absolute atomic E-state index is 0.123. The molecule has 1 atom stereocenters. The molecule has 0 bridgehead atoms. The molecule has 0 spiro atoms. The summed E-state index contributed by atoms with van der Waals surface area (Å²) in [5, 5.41) is 6.09. The number of anilines is 1. The number of ether oxygens (including phenoxy) is 1. The van der Waals surface area contributed by atoms with E-state index in [4.69, 9.17) is 21.3 Å². The summed E-state index contributed by atoms with van der Waals surface area (Å²) in [6.07, 6.45) is 1.78. The molecular formula is C19H21ClN4O2. The molecule has 0 N–H and O–H groups in total. The first-order valence-corrected chi connectivity index (χ1v) is 9.33. The van der Waals surface area contributed by atoms with E-state index < -0.39 is 0 Å². The third kappa shape index (κ3) is 2.78. The molecule has 26 heavy (non-hydrogen) atoms. The molecule has 1 aliphatic heterocycles. The van der Waals surface area contributed by atoms with Crippen LogP contribution in [0.2, 0.25) is 5.02 Å². The summed E-state index contributed by atoms with van der Waals surface area (Å²) in [6.45, 7) is 5.59. The van der Waals surface area contributed by atoms with E-state index in [0.717, 1.165) is 41.8 Å². The normalized spacial score (nSPS) is 17.8. The zero-order valence-corrected chi connectivity index (χ0v) is 15.7. The molecule has 1 aliphatic rings. The molecule has 6 nitrogen and oxygen atoms in total. The summed E-state index contributed by atoms with van der Waals surface area (Å²) in [4.78, 5) is 19.2. The number of rotatable bonds is 3. The van der Waals surface area contributed by atoms with Crippen molar-refractivity contribution in [2.24, 2.45) is 5.92 Å². The van der Waals surface area contributed by atoms with Crippen LogP contribution in [0, 0.1) is 12.8 Å². The van der Waals surface area contributed by atoms with Crippen LogP contribution in [0.25, 0.3) is 16.6 Å². The van der Waals surface area contributed by atoms with Crippen molar-refractivity contribution < 1.29 is 9.53 Å². The van der Waals surface area contributed by atoms with E-state index in [2.05, 4.69) is 10.00 Å². The Labute approximate surface area is 156 Å². The number of carbonyl (C=O) groups is 1. The summed E-state index contributed by atoms with van der Waals surface area (Å²) in [5.41, 5.74) is 2.36. The van der Waals surface area contributed by atoms with E-state index in [-0.39, 0.29) is 11.9 Å². The number of hydrogen-bond donors (Lipinski definition) is 0. The fraction of sp³-hybridized carbons (Fsp3) is 0.421. The molecule has 0 amide bonds. The number of para-hydroxylation sites is 1. The zero-order valence-electron chi connectivity index (χ0n) is 14.9. The van der Waals surface area contributed by atoms with Crippen LogP contribution in [-0.2, 0) is 9.53 Å². The van der Waals surface area contributed by atoms with Crippen molar-refractivity contribution in [2.45, 2.75) is 26.7 Å². The maximum absolute atomic E-state index is 12.2. The van der Waals surface area contributed by atoms with Crippen LogP contribution < -0.4 is 4.90 Å². The van der Waals surface area contributed by atoms with Gasteiger partial charge in [0.25, 0.3) is 0 Å². The van der Waals surface area contributed by atoms with Crippen LogP contribution in [-0.4, -0.2) is 40.3 Å². The summed E-state index contributed by atoms with van der Waals surface area (Å²) in [7, 11) is 0. The molecule has 0 unspecified atom stereocenters. The van der Waals surface area contributed by atoms with Gasteiger partial charge in [-0.15, -0.1) is 0 Å². The smallest absolute Gasteiger partial charge is 0.310 e. The molecule has 1 fully saturated rings. The number of benzene rings is 1. The van der Waals surface area contributed by atoms with Gasteiger partial charge in [-0.2, -0.15) is 5.10 Å². The second-order valence-electron chi connectivity index (χ2n) is 6.62. The number of piperidine rings is 1. The van der Waals surface area contributed by atoms with Gasteiger partial charge in [0, 0.05) is 18.5 Å². The topological polar surface area (TPSA) is 59.7 Å². The molecule has 1 aromatic carbocycles. The Morgan fingerprint density at radius 3 is 3.00 bits per heavy atom.